The summed E-state index contributed by atoms with van der Waals surface area (Å²) in [6, 6.07) is 3.49. The molecule has 4 rings (SSSR count). The molecular formula is C19H20N6O3. The highest BCUT2D eigenvalue weighted by atomic mass is 16.3. The molecule has 28 heavy (non-hydrogen) atoms. The van der Waals surface area contributed by atoms with Gasteiger partial charge >= 0.3 is 0 Å². The number of oxazole rings is 1. The van der Waals surface area contributed by atoms with Gasteiger partial charge in [-0.3, -0.25) is 24.2 Å². The smallest absolute Gasteiger partial charge is 0.277 e. The molecule has 3 aromatic heterocycles. The lowest BCUT2D eigenvalue weighted by Crippen LogP contribution is -2.32. The van der Waals surface area contributed by atoms with E-state index in [1.165, 1.54) is 6.26 Å². The summed E-state index contributed by atoms with van der Waals surface area (Å²) in [5, 5.41) is 7.15. The van der Waals surface area contributed by atoms with Crippen LogP contribution in [0, 0.1) is 5.41 Å². The first-order valence-corrected chi connectivity index (χ1v) is 8.88. The largest absolute Gasteiger partial charge is 0.444 e. The number of nitrogens with zero attached hydrogens (tertiary/aromatic N) is 5. The Bertz CT molecular complexity index is 1040. The van der Waals surface area contributed by atoms with Crippen LogP contribution in [0.5, 0.6) is 0 Å². The van der Waals surface area contributed by atoms with Crippen molar-refractivity contribution in [1.82, 2.24) is 19.7 Å². The number of nitrogens with one attached hydrogen (secondary N) is 1. The zero-order valence-corrected chi connectivity index (χ0v) is 15.8. The summed E-state index contributed by atoms with van der Waals surface area (Å²) in [4.78, 5) is 35.1. The number of carbonyl (C=O) groups excluding carboxylic acids is 2. The number of aryl methyl sites for hydroxylation is 1. The minimum atomic E-state index is -0.441. The summed E-state index contributed by atoms with van der Waals surface area (Å²) < 4.78 is 6.97. The van der Waals surface area contributed by atoms with Gasteiger partial charge in [-0.25, -0.2) is 4.98 Å². The molecule has 1 aliphatic rings. The molecule has 1 aliphatic heterocycles. The average Bonchev–Trinajstić information content (AvgIpc) is 3.35. The van der Waals surface area contributed by atoms with Crippen LogP contribution in [0.2, 0.25) is 0 Å². The van der Waals surface area contributed by atoms with E-state index >= 15 is 0 Å². The van der Waals surface area contributed by atoms with Crippen molar-refractivity contribution in [2.45, 2.75) is 20.3 Å². The van der Waals surface area contributed by atoms with E-state index in [2.05, 4.69) is 20.4 Å². The van der Waals surface area contributed by atoms with E-state index in [9.17, 15) is 9.59 Å². The molecule has 2 amide bonds. The number of hydrogen-bond acceptors (Lipinski definition) is 6. The fraction of sp³-hybridized carbons (Fsp3) is 0.316. The third-order valence-electron chi connectivity index (χ3n) is 4.76. The molecule has 1 saturated heterocycles. The fourth-order valence-corrected chi connectivity index (χ4v) is 3.12. The standard InChI is InChI=1S/C19H20N6O3/c1-19(2)6-9-25(18(19)27)15-13(10-24(3)23-15)21-16(26)14-11-28-17(22-14)12-4-7-20-8-5-12/h4-5,7-8,10-11H,6,9H2,1-3H3,(H,21,26). The molecule has 9 nitrogen and oxygen atoms in total. The van der Waals surface area contributed by atoms with E-state index in [1.807, 2.05) is 13.8 Å². The van der Waals surface area contributed by atoms with E-state index in [1.54, 1.807) is 47.4 Å². The second-order valence-electron chi connectivity index (χ2n) is 7.36. The summed E-state index contributed by atoms with van der Waals surface area (Å²) in [6.45, 7) is 4.38. The van der Waals surface area contributed by atoms with Gasteiger partial charge in [-0.1, -0.05) is 13.8 Å². The Labute approximate surface area is 161 Å². The molecule has 0 radical (unpaired) electrons. The molecule has 3 aromatic rings. The Morgan fingerprint density at radius 2 is 2.04 bits per heavy atom. The third-order valence-corrected chi connectivity index (χ3v) is 4.76. The summed E-state index contributed by atoms with van der Waals surface area (Å²) in [6.07, 6.45) is 6.93. The molecule has 0 saturated carbocycles. The Morgan fingerprint density at radius 1 is 1.29 bits per heavy atom. The molecule has 0 aliphatic carbocycles. The minimum Gasteiger partial charge on any atom is -0.444 e. The molecule has 0 bridgehead atoms. The van der Waals surface area contributed by atoms with Crippen molar-refractivity contribution in [3.63, 3.8) is 0 Å². The maximum atomic E-state index is 12.7. The van der Waals surface area contributed by atoms with Gasteiger partial charge in [0.1, 0.15) is 12.0 Å². The second-order valence-corrected chi connectivity index (χ2v) is 7.36. The van der Waals surface area contributed by atoms with Gasteiger partial charge in [-0.2, -0.15) is 5.10 Å². The molecule has 1 fully saturated rings. The Morgan fingerprint density at radius 3 is 2.71 bits per heavy atom. The Kier molecular flexibility index (Phi) is 4.21. The lowest BCUT2D eigenvalue weighted by atomic mass is 9.92. The Hall–Kier alpha value is -3.49. The first-order chi connectivity index (χ1) is 13.3. The predicted molar refractivity (Wildman–Crippen MR) is 102 cm³/mol. The quantitative estimate of drug-likeness (QED) is 0.745. The van der Waals surface area contributed by atoms with Gasteiger partial charge in [0.05, 0.1) is 6.20 Å². The maximum Gasteiger partial charge on any atom is 0.277 e. The highest BCUT2D eigenvalue weighted by molar-refractivity contribution is 6.07. The number of hydrogen-bond donors (Lipinski definition) is 1. The molecule has 0 aromatic carbocycles. The topological polar surface area (TPSA) is 106 Å². The van der Waals surface area contributed by atoms with Crippen molar-refractivity contribution in [2.24, 2.45) is 12.5 Å². The summed E-state index contributed by atoms with van der Waals surface area (Å²) in [5.41, 5.74) is 0.868. The zero-order valence-electron chi connectivity index (χ0n) is 15.8. The SMILES string of the molecule is Cn1cc(NC(=O)c2coc(-c3ccncc3)n2)c(N2CCC(C)(C)C2=O)n1. The Balaban J connectivity index is 1.56. The molecule has 144 valence electrons. The van der Waals surface area contributed by atoms with Gasteiger partial charge in [0.2, 0.25) is 11.8 Å². The minimum absolute atomic E-state index is 0.0110. The van der Waals surface area contributed by atoms with E-state index in [-0.39, 0.29) is 11.6 Å². The van der Waals surface area contributed by atoms with Crippen LogP contribution in [-0.4, -0.2) is 38.1 Å². The normalized spacial score (nSPS) is 15.8. The molecule has 0 atom stereocenters. The maximum absolute atomic E-state index is 12.7. The van der Waals surface area contributed by atoms with Gasteiger partial charge in [-0.15, -0.1) is 0 Å². The molecule has 0 spiro atoms. The van der Waals surface area contributed by atoms with E-state index in [0.29, 0.717) is 23.9 Å². The van der Waals surface area contributed by atoms with Crippen molar-refractivity contribution in [3.05, 3.63) is 42.7 Å². The van der Waals surface area contributed by atoms with Gasteiger partial charge in [-0.05, 0) is 18.6 Å². The van der Waals surface area contributed by atoms with Crippen LogP contribution in [0.25, 0.3) is 11.5 Å². The number of pyridine rings is 1. The first kappa shape index (κ1) is 17.9. The molecule has 1 N–H and O–H groups in total. The highest BCUT2D eigenvalue weighted by Gasteiger charge is 2.41. The lowest BCUT2D eigenvalue weighted by Gasteiger charge is -2.18. The zero-order chi connectivity index (χ0) is 19.9. The van der Waals surface area contributed by atoms with E-state index in [4.69, 9.17) is 4.42 Å². The monoisotopic (exact) mass is 380 g/mol. The van der Waals surface area contributed by atoms with Crippen molar-refractivity contribution in [1.29, 1.82) is 0 Å². The lowest BCUT2D eigenvalue weighted by molar-refractivity contribution is -0.124. The van der Waals surface area contributed by atoms with Crippen molar-refractivity contribution in [2.75, 3.05) is 16.8 Å². The van der Waals surface area contributed by atoms with Crippen molar-refractivity contribution in [3.8, 4) is 11.5 Å². The summed E-state index contributed by atoms with van der Waals surface area (Å²) in [5.74, 6) is 0.312. The third kappa shape index (κ3) is 3.15. The number of carbonyl (C=O) groups is 2. The number of rotatable bonds is 4. The number of anilines is 2. The van der Waals surface area contributed by atoms with Crippen LogP contribution < -0.4 is 10.2 Å². The molecular weight excluding hydrogens is 360 g/mol. The number of aromatic nitrogens is 4. The van der Waals surface area contributed by atoms with Crippen molar-refractivity contribution < 1.29 is 14.0 Å². The number of amides is 2. The molecule has 0 unspecified atom stereocenters. The van der Waals surface area contributed by atoms with Gasteiger partial charge in [0.15, 0.2) is 11.5 Å². The van der Waals surface area contributed by atoms with Crippen LogP contribution in [-0.2, 0) is 11.8 Å². The van der Waals surface area contributed by atoms with Crippen LogP contribution in [0.15, 0.2) is 41.4 Å². The van der Waals surface area contributed by atoms with Crippen LogP contribution >= 0.6 is 0 Å². The van der Waals surface area contributed by atoms with Gasteiger partial charge < -0.3 is 9.73 Å². The van der Waals surface area contributed by atoms with Crippen LogP contribution in [0.4, 0.5) is 11.5 Å². The average molecular weight is 380 g/mol. The summed E-state index contributed by atoms with van der Waals surface area (Å²) >= 11 is 0. The van der Waals surface area contributed by atoms with Crippen LogP contribution in [0.1, 0.15) is 30.8 Å². The molecule has 9 heteroatoms. The van der Waals surface area contributed by atoms with Gasteiger partial charge in [0.25, 0.3) is 5.91 Å². The summed E-state index contributed by atoms with van der Waals surface area (Å²) in [7, 11) is 1.74. The first-order valence-electron chi connectivity index (χ1n) is 8.88. The van der Waals surface area contributed by atoms with E-state index < -0.39 is 11.3 Å². The van der Waals surface area contributed by atoms with E-state index in [0.717, 1.165) is 12.0 Å². The molecule has 4 heterocycles. The highest BCUT2D eigenvalue weighted by Crippen LogP contribution is 2.36. The van der Waals surface area contributed by atoms with Crippen LogP contribution in [0.3, 0.4) is 0 Å². The fourth-order valence-electron chi connectivity index (χ4n) is 3.12. The predicted octanol–water partition coefficient (Wildman–Crippen LogP) is 2.49. The second kappa shape index (κ2) is 6.59. The van der Waals surface area contributed by atoms with Gasteiger partial charge in [0, 0.05) is 37.0 Å². The van der Waals surface area contributed by atoms with Crippen molar-refractivity contribution >= 4 is 23.3 Å².